The van der Waals surface area contributed by atoms with E-state index in [0.717, 1.165) is 25.8 Å². The van der Waals surface area contributed by atoms with Crippen molar-refractivity contribution in [3.63, 3.8) is 0 Å². The van der Waals surface area contributed by atoms with Gasteiger partial charge in [-0.2, -0.15) is 0 Å². The number of hydrogen-bond donors (Lipinski definition) is 6. The second-order valence-corrected chi connectivity index (χ2v) is 11.0. The van der Waals surface area contributed by atoms with Crippen molar-refractivity contribution in [1.82, 2.24) is 10.6 Å². The minimum atomic E-state index is -1.39. The summed E-state index contributed by atoms with van der Waals surface area (Å²) >= 11 is 1.23. The molecule has 3 fully saturated rings. The maximum Gasteiger partial charge on any atom is 0.240 e. The Morgan fingerprint density at radius 3 is 2.56 bits per heavy atom. The van der Waals surface area contributed by atoms with Gasteiger partial charge in [0.1, 0.15) is 35.9 Å². The number of carbonyl (C=O) groups is 1. The normalized spacial score (nSPS) is 42.2. The van der Waals surface area contributed by atoms with E-state index in [4.69, 9.17) is 15.2 Å². The van der Waals surface area contributed by atoms with Crippen LogP contribution in [0.4, 0.5) is 0 Å². The molecule has 3 aliphatic rings. The molecule has 0 aromatic rings. The van der Waals surface area contributed by atoms with Crippen LogP contribution in [0.15, 0.2) is 0 Å². The molecule has 3 saturated heterocycles. The van der Waals surface area contributed by atoms with Crippen LogP contribution in [0.2, 0.25) is 0 Å². The highest BCUT2D eigenvalue weighted by molar-refractivity contribution is 7.99. The number of amides is 1. The Bertz CT molecular complexity index is 624. The average Bonchev–Trinajstić information content (AvgIpc) is 3.02. The van der Waals surface area contributed by atoms with Gasteiger partial charge < -0.3 is 41.2 Å². The van der Waals surface area contributed by atoms with Gasteiger partial charge in [0.2, 0.25) is 5.91 Å². The molecule has 10 heteroatoms. The summed E-state index contributed by atoms with van der Waals surface area (Å²) in [6.07, 6.45) is -0.175. The number of ether oxygens (including phenoxy) is 2. The molecule has 0 spiro atoms. The summed E-state index contributed by atoms with van der Waals surface area (Å²) in [5.74, 6) is 1.27. The van der Waals surface area contributed by atoms with Crippen molar-refractivity contribution in [2.75, 3.05) is 19.4 Å². The Balaban J connectivity index is 1.68. The van der Waals surface area contributed by atoms with Gasteiger partial charge in [-0.05, 0) is 50.2 Å². The molecule has 0 aliphatic carbocycles. The second kappa shape index (κ2) is 11.3. The van der Waals surface area contributed by atoms with E-state index in [0.29, 0.717) is 18.4 Å². The molecular formula is C22H41N3O6S. The topological polar surface area (TPSA) is 146 Å². The van der Waals surface area contributed by atoms with Crippen molar-refractivity contribution in [3.8, 4) is 0 Å². The van der Waals surface area contributed by atoms with Crippen LogP contribution in [0.1, 0.15) is 40.0 Å². The molecule has 3 heterocycles. The lowest BCUT2D eigenvalue weighted by molar-refractivity contribution is -0.206. The third-order valence-corrected chi connectivity index (χ3v) is 7.88. The molecule has 8 unspecified atom stereocenters. The number of carbonyl (C=O) groups excluding carboxylic acids is 1. The van der Waals surface area contributed by atoms with Gasteiger partial charge in [-0.15, -0.1) is 11.8 Å². The summed E-state index contributed by atoms with van der Waals surface area (Å²) in [6.45, 7) is 7.56. The van der Waals surface area contributed by atoms with Crippen LogP contribution in [0.3, 0.4) is 0 Å². The van der Waals surface area contributed by atoms with Crippen LogP contribution in [0, 0.1) is 17.8 Å². The number of rotatable bonds is 7. The highest BCUT2D eigenvalue weighted by Gasteiger charge is 2.49. The average molecular weight is 476 g/mol. The first-order valence-corrected chi connectivity index (χ1v) is 13.1. The lowest BCUT2D eigenvalue weighted by Gasteiger charge is -2.44. The van der Waals surface area contributed by atoms with Crippen molar-refractivity contribution < 1.29 is 29.6 Å². The highest BCUT2D eigenvalue weighted by Crippen LogP contribution is 2.34. The minimum Gasteiger partial charge on any atom is -0.388 e. The monoisotopic (exact) mass is 475 g/mol. The highest BCUT2D eigenvalue weighted by atomic mass is 32.2. The molecular weight excluding hydrogens is 434 g/mol. The molecule has 0 saturated carbocycles. The summed E-state index contributed by atoms with van der Waals surface area (Å²) in [5.41, 5.74) is 5.43. The molecule has 3 rings (SSSR count). The fourth-order valence-corrected chi connectivity index (χ4v) is 6.08. The number of aliphatic hydroxyl groups excluding tert-OH is 3. The van der Waals surface area contributed by atoms with E-state index in [-0.39, 0.29) is 17.9 Å². The Kier molecular flexibility index (Phi) is 9.24. The SMILES string of the molecule is CSC1OC([C@H](NC(=O)C2NCC3C[C@H](CC(C)C)CCOC32)[C@H](C)N)C(O)C(O)C1O. The van der Waals surface area contributed by atoms with Crippen molar-refractivity contribution in [1.29, 1.82) is 0 Å². The largest absolute Gasteiger partial charge is 0.388 e. The quantitative estimate of drug-likeness (QED) is 0.285. The van der Waals surface area contributed by atoms with Gasteiger partial charge in [0.25, 0.3) is 0 Å². The van der Waals surface area contributed by atoms with Crippen LogP contribution in [0.5, 0.6) is 0 Å². The molecule has 11 atom stereocenters. The summed E-state index contributed by atoms with van der Waals surface area (Å²) in [4.78, 5) is 13.3. The zero-order valence-corrected chi connectivity index (χ0v) is 20.3. The number of nitrogens with two attached hydrogens (primary N) is 1. The summed E-state index contributed by atoms with van der Waals surface area (Å²) in [7, 11) is 0. The van der Waals surface area contributed by atoms with Crippen LogP contribution >= 0.6 is 11.8 Å². The van der Waals surface area contributed by atoms with Gasteiger partial charge in [-0.1, -0.05) is 13.8 Å². The molecule has 0 aromatic carbocycles. The van der Waals surface area contributed by atoms with Crippen LogP contribution in [-0.2, 0) is 14.3 Å². The second-order valence-electron chi connectivity index (χ2n) is 10.1. The van der Waals surface area contributed by atoms with Gasteiger partial charge in [-0.25, -0.2) is 0 Å². The van der Waals surface area contributed by atoms with Crippen LogP contribution < -0.4 is 16.4 Å². The summed E-state index contributed by atoms with van der Waals surface area (Å²) in [5, 5.41) is 37.2. The smallest absolute Gasteiger partial charge is 0.240 e. The minimum absolute atomic E-state index is 0.204. The van der Waals surface area contributed by atoms with Crippen molar-refractivity contribution in [2.45, 2.75) is 94.1 Å². The lowest BCUT2D eigenvalue weighted by Crippen LogP contribution is -2.67. The van der Waals surface area contributed by atoms with Crippen LogP contribution in [-0.4, -0.2) is 94.7 Å². The molecule has 7 N–H and O–H groups in total. The molecule has 0 bridgehead atoms. The molecule has 32 heavy (non-hydrogen) atoms. The molecule has 0 aromatic heterocycles. The maximum absolute atomic E-state index is 13.3. The first kappa shape index (κ1) is 26.2. The van der Waals surface area contributed by atoms with Gasteiger partial charge in [0.05, 0.1) is 12.1 Å². The summed E-state index contributed by atoms with van der Waals surface area (Å²) in [6, 6.07) is -1.80. The van der Waals surface area contributed by atoms with Crippen molar-refractivity contribution in [2.24, 2.45) is 23.5 Å². The maximum atomic E-state index is 13.3. The van der Waals surface area contributed by atoms with Gasteiger partial charge >= 0.3 is 0 Å². The van der Waals surface area contributed by atoms with Crippen molar-refractivity contribution >= 4 is 17.7 Å². The van der Waals surface area contributed by atoms with Gasteiger partial charge in [0.15, 0.2) is 0 Å². The zero-order chi connectivity index (χ0) is 23.6. The molecule has 3 aliphatic heterocycles. The fraction of sp³-hybridized carbons (Fsp3) is 0.955. The standard InChI is InChI=1S/C22H41N3O6S/c1-10(2)7-12-5-6-30-19-13(8-12)9-24-15(19)21(29)25-14(11(3)23)20-17(27)16(26)18(28)22(31-20)32-4/h10-20,22,24,26-28H,5-9,23H2,1-4H3,(H,25,29)/t11-,12-,13?,14+,15?,16?,17?,18?,19?,20?,22?/m0/s1. The number of fused-ring (bicyclic) bond motifs is 1. The Labute approximate surface area is 195 Å². The molecule has 9 nitrogen and oxygen atoms in total. The molecule has 1 amide bonds. The molecule has 186 valence electrons. The van der Waals surface area contributed by atoms with E-state index >= 15 is 0 Å². The van der Waals surface area contributed by atoms with E-state index < -0.39 is 48.0 Å². The first-order chi connectivity index (χ1) is 15.1. The summed E-state index contributed by atoms with van der Waals surface area (Å²) < 4.78 is 12.0. The lowest BCUT2D eigenvalue weighted by atomic mass is 9.85. The van der Waals surface area contributed by atoms with E-state index in [9.17, 15) is 20.1 Å². The number of nitrogens with one attached hydrogen (secondary N) is 2. The Hall–Kier alpha value is -0.460. The van der Waals surface area contributed by atoms with Gasteiger partial charge in [-0.3, -0.25) is 4.79 Å². The van der Waals surface area contributed by atoms with E-state index in [1.54, 1.807) is 13.2 Å². The van der Waals surface area contributed by atoms with E-state index in [1.165, 1.54) is 11.8 Å². The number of hydrogen-bond acceptors (Lipinski definition) is 9. The predicted molar refractivity (Wildman–Crippen MR) is 123 cm³/mol. The van der Waals surface area contributed by atoms with Crippen LogP contribution in [0.25, 0.3) is 0 Å². The third kappa shape index (κ3) is 5.78. The number of aliphatic hydroxyl groups is 3. The third-order valence-electron chi connectivity index (χ3n) is 7.02. The molecule has 0 radical (unpaired) electrons. The van der Waals surface area contributed by atoms with E-state index in [2.05, 4.69) is 24.5 Å². The fourth-order valence-electron chi connectivity index (χ4n) is 5.40. The first-order valence-electron chi connectivity index (χ1n) is 11.8. The zero-order valence-electron chi connectivity index (χ0n) is 19.5. The number of thioether (sulfide) groups is 1. The van der Waals surface area contributed by atoms with Gasteiger partial charge in [0, 0.05) is 19.2 Å². The Morgan fingerprint density at radius 2 is 1.94 bits per heavy atom. The Morgan fingerprint density at radius 1 is 1.22 bits per heavy atom. The van der Waals surface area contributed by atoms with Crippen molar-refractivity contribution in [3.05, 3.63) is 0 Å². The van der Waals surface area contributed by atoms with E-state index in [1.807, 2.05) is 0 Å². The predicted octanol–water partition coefficient (Wildman–Crippen LogP) is -0.582.